The molecule has 2 heterocycles. The Hall–Kier alpha value is -0.950. The number of esters is 1. The quantitative estimate of drug-likeness (QED) is 0.517. The molecule has 0 aromatic rings. The fourth-order valence-corrected chi connectivity index (χ4v) is 6.20. The van der Waals surface area contributed by atoms with Gasteiger partial charge in [-0.2, -0.15) is 0 Å². The number of hydrogen-bond donors (Lipinski definition) is 3. The van der Waals surface area contributed by atoms with Crippen LogP contribution in [0.5, 0.6) is 0 Å². The maximum absolute atomic E-state index is 11.4. The topological polar surface area (TPSA) is 99.5 Å². The second-order valence-corrected chi connectivity index (χ2v) is 9.35. The van der Waals surface area contributed by atoms with Gasteiger partial charge < -0.3 is 24.8 Å². The second kappa shape index (κ2) is 5.77. The molecule has 0 aromatic heterocycles. The molecule has 3 fully saturated rings. The second-order valence-electron chi connectivity index (χ2n) is 9.35. The molecule has 6 nitrogen and oxygen atoms in total. The number of carbonyl (C=O) groups is 1. The molecular weight excluding hydrogens is 336 g/mol. The summed E-state index contributed by atoms with van der Waals surface area (Å²) in [5.41, 5.74) is -0.257. The first kappa shape index (κ1) is 18.4. The van der Waals surface area contributed by atoms with E-state index in [0.29, 0.717) is 30.9 Å². The highest BCUT2D eigenvalue weighted by atomic mass is 16.6. The largest absolute Gasteiger partial charge is 0.429 e. The summed E-state index contributed by atoms with van der Waals surface area (Å²) in [7, 11) is 0. The van der Waals surface area contributed by atoms with Crippen molar-refractivity contribution in [1.82, 2.24) is 0 Å². The molecule has 0 amide bonds. The van der Waals surface area contributed by atoms with E-state index in [4.69, 9.17) is 9.47 Å². The van der Waals surface area contributed by atoms with Gasteiger partial charge >= 0.3 is 5.97 Å². The number of ether oxygens (including phenoxy) is 2. The number of hydrogen-bond acceptors (Lipinski definition) is 6. The van der Waals surface area contributed by atoms with E-state index in [1.54, 1.807) is 0 Å². The summed E-state index contributed by atoms with van der Waals surface area (Å²) >= 11 is 0. The fourth-order valence-electron chi connectivity index (χ4n) is 6.20. The third-order valence-electron chi connectivity index (χ3n) is 8.33. The van der Waals surface area contributed by atoms with Gasteiger partial charge in [-0.15, -0.1) is 0 Å². The van der Waals surface area contributed by atoms with Gasteiger partial charge in [0.05, 0.1) is 12.7 Å². The van der Waals surface area contributed by atoms with Crippen LogP contribution < -0.4 is 0 Å². The minimum Gasteiger partial charge on any atom is -0.429 e. The molecule has 1 saturated heterocycles. The molecule has 2 aliphatic heterocycles. The van der Waals surface area contributed by atoms with E-state index in [-0.39, 0.29) is 16.7 Å². The lowest BCUT2D eigenvalue weighted by molar-refractivity contribution is -0.197. The van der Waals surface area contributed by atoms with Crippen molar-refractivity contribution in [2.24, 2.45) is 22.7 Å². The summed E-state index contributed by atoms with van der Waals surface area (Å²) in [6.07, 6.45) is 2.62. The number of aliphatic hydroxyl groups excluding tert-OH is 3. The smallest absolute Gasteiger partial charge is 0.333 e. The monoisotopic (exact) mass is 366 g/mol. The SMILES string of the molecule is C[C@@H]1CC[C@@]2(C)[C@H](C[C@H](O)[C@H](O)[C@@]23CO3)[C@@]1(C)CCC1=CC(=O)O[C@@H]1O. The Kier molecular flexibility index (Phi) is 4.09. The maximum Gasteiger partial charge on any atom is 0.333 e. The van der Waals surface area contributed by atoms with Crippen LogP contribution in [0.2, 0.25) is 0 Å². The van der Waals surface area contributed by atoms with Gasteiger partial charge in [0.1, 0.15) is 11.7 Å². The summed E-state index contributed by atoms with van der Waals surface area (Å²) in [6, 6.07) is 0. The minimum atomic E-state index is -1.13. The summed E-state index contributed by atoms with van der Waals surface area (Å²) < 4.78 is 10.6. The molecule has 0 radical (unpaired) electrons. The highest BCUT2D eigenvalue weighted by Crippen LogP contribution is 2.68. The van der Waals surface area contributed by atoms with Crippen molar-refractivity contribution in [1.29, 1.82) is 0 Å². The standard InChI is InChI=1S/C20H30O6/c1-11-4-7-19(3)14(9-13(21)16(23)20(19)10-25-20)18(11,2)6-5-12-8-15(22)26-17(12)24/h8,11,13-14,16-17,21,23-24H,4-7,9-10H2,1-3H3/t11-,13+,14-,16+,17+,18+,19+,20+/m1/s1. The first-order valence-corrected chi connectivity index (χ1v) is 9.73. The number of epoxide rings is 1. The summed E-state index contributed by atoms with van der Waals surface area (Å²) in [5, 5.41) is 31.0. The van der Waals surface area contributed by atoms with Crippen molar-refractivity contribution in [2.45, 2.75) is 77.0 Å². The summed E-state index contributed by atoms with van der Waals surface area (Å²) in [6.45, 7) is 7.22. The lowest BCUT2D eigenvalue weighted by Gasteiger charge is -2.61. The Morgan fingerprint density at radius 2 is 1.96 bits per heavy atom. The first-order chi connectivity index (χ1) is 12.1. The normalized spacial score (nSPS) is 53.2. The molecule has 2 aliphatic carbocycles. The third-order valence-corrected chi connectivity index (χ3v) is 8.33. The predicted octanol–water partition coefficient (Wildman–Crippen LogP) is 1.52. The van der Waals surface area contributed by atoms with Crippen LogP contribution in [0.25, 0.3) is 0 Å². The van der Waals surface area contributed by atoms with Gasteiger partial charge in [-0.05, 0) is 49.4 Å². The zero-order valence-electron chi connectivity index (χ0n) is 15.8. The molecule has 0 unspecified atom stereocenters. The zero-order chi connectivity index (χ0) is 18.9. The molecule has 1 spiro atoms. The van der Waals surface area contributed by atoms with Crippen molar-refractivity contribution in [3.8, 4) is 0 Å². The molecule has 0 bridgehead atoms. The number of carbonyl (C=O) groups excluding carboxylic acids is 1. The molecule has 26 heavy (non-hydrogen) atoms. The average Bonchev–Trinajstić information content (AvgIpc) is 3.33. The van der Waals surface area contributed by atoms with Crippen molar-refractivity contribution in [3.63, 3.8) is 0 Å². The van der Waals surface area contributed by atoms with E-state index in [2.05, 4.69) is 20.8 Å². The molecule has 8 atom stereocenters. The van der Waals surface area contributed by atoms with Crippen LogP contribution in [0.4, 0.5) is 0 Å². The highest BCUT2D eigenvalue weighted by Gasteiger charge is 2.73. The van der Waals surface area contributed by atoms with Gasteiger partial charge in [-0.1, -0.05) is 20.8 Å². The molecule has 2 saturated carbocycles. The van der Waals surface area contributed by atoms with Crippen molar-refractivity contribution in [2.75, 3.05) is 6.61 Å². The molecular formula is C20H30O6. The lowest BCUT2D eigenvalue weighted by atomic mass is 9.43. The lowest BCUT2D eigenvalue weighted by Crippen LogP contribution is -2.65. The van der Waals surface area contributed by atoms with Gasteiger partial charge in [0.25, 0.3) is 0 Å². The number of cyclic esters (lactones) is 1. The van der Waals surface area contributed by atoms with Crippen LogP contribution in [0.3, 0.4) is 0 Å². The van der Waals surface area contributed by atoms with Crippen LogP contribution in [0.15, 0.2) is 11.6 Å². The Morgan fingerprint density at radius 1 is 1.27 bits per heavy atom. The van der Waals surface area contributed by atoms with E-state index in [1.807, 2.05) is 0 Å². The van der Waals surface area contributed by atoms with Gasteiger partial charge in [0, 0.05) is 17.1 Å². The summed E-state index contributed by atoms with van der Waals surface area (Å²) in [4.78, 5) is 11.4. The highest BCUT2D eigenvalue weighted by molar-refractivity contribution is 5.85. The van der Waals surface area contributed by atoms with Crippen LogP contribution in [0, 0.1) is 22.7 Å². The van der Waals surface area contributed by atoms with Crippen LogP contribution in [-0.4, -0.2) is 52.0 Å². The Bertz CT molecular complexity index is 640. The number of rotatable bonds is 3. The number of fused-ring (bicyclic) bond motifs is 2. The van der Waals surface area contributed by atoms with E-state index >= 15 is 0 Å². The van der Waals surface area contributed by atoms with Crippen LogP contribution >= 0.6 is 0 Å². The van der Waals surface area contributed by atoms with Gasteiger partial charge in [0.15, 0.2) is 0 Å². The average molecular weight is 366 g/mol. The Morgan fingerprint density at radius 3 is 2.54 bits per heavy atom. The molecule has 3 N–H and O–H groups in total. The van der Waals surface area contributed by atoms with Crippen LogP contribution in [0.1, 0.15) is 52.9 Å². The van der Waals surface area contributed by atoms with E-state index in [1.165, 1.54) is 6.08 Å². The van der Waals surface area contributed by atoms with Gasteiger partial charge in [-0.3, -0.25) is 0 Å². The Balaban J connectivity index is 1.62. The van der Waals surface area contributed by atoms with Crippen molar-refractivity contribution >= 4 is 5.97 Å². The van der Waals surface area contributed by atoms with Crippen LogP contribution in [-0.2, 0) is 14.3 Å². The van der Waals surface area contributed by atoms with Crippen molar-refractivity contribution < 1.29 is 29.6 Å². The fraction of sp³-hybridized carbons (Fsp3) is 0.850. The third kappa shape index (κ3) is 2.35. The molecule has 6 heteroatoms. The molecule has 0 aromatic carbocycles. The molecule has 4 rings (SSSR count). The molecule has 146 valence electrons. The van der Waals surface area contributed by atoms with Gasteiger partial charge in [-0.25, -0.2) is 4.79 Å². The summed E-state index contributed by atoms with van der Waals surface area (Å²) in [5.74, 6) is 0.158. The van der Waals surface area contributed by atoms with E-state index in [9.17, 15) is 20.1 Å². The van der Waals surface area contributed by atoms with Crippen molar-refractivity contribution in [3.05, 3.63) is 11.6 Å². The van der Waals surface area contributed by atoms with E-state index in [0.717, 1.165) is 19.3 Å². The van der Waals surface area contributed by atoms with Gasteiger partial charge in [0.2, 0.25) is 6.29 Å². The zero-order valence-corrected chi connectivity index (χ0v) is 15.8. The predicted molar refractivity (Wildman–Crippen MR) is 92.8 cm³/mol. The Labute approximate surface area is 154 Å². The van der Waals surface area contributed by atoms with E-state index < -0.39 is 30.1 Å². The minimum absolute atomic E-state index is 0.0841. The maximum atomic E-state index is 11.4. The number of aliphatic hydroxyl groups is 3. The first-order valence-electron chi connectivity index (χ1n) is 9.73. The molecule has 4 aliphatic rings.